The van der Waals surface area contributed by atoms with E-state index in [0.717, 1.165) is 18.7 Å². The average Bonchev–Trinajstić information content (AvgIpc) is 2.39. The molecular formula is C14H21ClN2O. The van der Waals surface area contributed by atoms with Crippen molar-refractivity contribution in [2.24, 2.45) is 0 Å². The molecule has 0 saturated carbocycles. The van der Waals surface area contributed by atoms with Crippen LogP contribution in [0.4, 0.5) is 0 Å². The number of nitrogens with one attached hydrogen (secondary N) is 1. The Morgan fingerprint density at radius 1 is 1.39 bits per heavy atom. The molecular weight excluding hydrogens is 248 g/mol. The summed E-state index contributed by atoms with van der Waals surface area (Å²) in [6.45, 7) is 2.15. The molecule has 1 N–H and O–H groups in total. The molecule has 18 heavy (non-hydrogen) atoms. The lowest BCUT2D eigenvalue weighted by atomic mass is 9.90. The van der Waals surface area contributed by atoms with Crippen molar-refractivity contribution in [3.8, 4) is 0 Å². The first kappa shape index (κ1) is 15.0. The van der Waals surface area contributed by atoms with Crippen LogP contribution in [0.1, 0.15) is 34.7 Å². The Balaban J connectivity index is 0.00000162. The summed E-state index contributed by atoms with van der Waals surface area (Å²) in [7, 11) is 3.58. The third-order valence-electron chi connectivity index (χ3n) is 3.31. The van der Waals surface area contributed by atoms with Gasteiger partial charge in [-0.3, -0.25) is 4.79 Å². The number of hydrogen-bond donors (Lipinski definition) is 1. The molecule has 1 unspecified atom stereocenters. The van der Waals surface area contributed by atoms with Crippen molar-refractivity contribution in [3.63, 3.8) is 0 Å². The fourth-order valence-electron chi connectivity index (χ4n) is 2.32. The standard InChI is InChI=1S/C14H20N2O.ClH/c1-16(2)14(17)12-6-3-5-11(9-12)13-7-4-8-15-10-13;/h3,5-6,9,13,15H,4,7-8,10H2,1-2H3;1H. The van der Waals surface area contributed by atoms with E-state index < -0.39 is 0 Å². The molecule has 0 bridgehead atoms. The maximum absolute atomic E-state index is 11.9. The monoisotopic (exact) mass is 268 g/mol. The largest absolute Gasteiger partial charge is 0.345 e. The highest BCUT2D eigenvalue weighted by atomic mass is 35.5. The van der Waals surface area contributed by atoms with Crippen LogP contribution >= 0.6 is 12.4 Å². The van der Waals surface area contributed by atoms with E-state index in [0.29, 0.717) is 5.92 Å². The van der Waals surface area contributed by atoms with Gasteiger partial charge in [0.05, 0.1) is 0 Å². The minimum Gasteiger partial charge on any atom is -0.345 e. The second kappa shape index (κ2) is 6.76. The van der Waals surface area contributed by atoms with Gasteiger partial charge in [0, 0.05) is 26.2 Å². The maximum atomic E-state index is 11.9. The van der Waals surface area contributed by atoms with Gasteiger partial charge < -0.3 is 10.2 Å². The molecule has 1 aromatic rings. The predicted molar refractivity (Wildman–Crippen MR) is 76.6 cm³/mol. The summed E-state index contributed by atoms with van der Waals surface area (Å²) in [5.74, 6) is 0.634. The van der Waals surface area contributed by atoms with Crippen LogP contribution in [-0.4, -0.2) is 38.0 Å². The second-order valence-electron chi connectivity index (χ2n) is 4.87. The summed E-state index contributed by atoms with van der Waals surface area (Å²) < 4.78 is 0. The number of benzene rings is 1. The SMILES string of the molecule is CN(C)C(=O)c1cccc(C2CCCNC2)c1.Cl. The van der Waals surface area contributed by atoms with Crippen molar-refractivity contribution >= 4 is 18.3 Å². The van der Waals surface area contributed by atoms with E-state index in [-0.39, 0.29) is 18.3 Å². The third kappa shape index (κ3) is 3.47. The summed E-state index contributed by atoms with van der Waals surface area (Å²) >= 11 is 0. The van der Waals surface area contributed by atoms with Crippen LogP contribution in [0.25, 0.3) is 0 Å². The normalized spacial score (nSPS) is 18.9. The molecule has 1 fully saturated rings. The topological polar surface area (TPSA) is 32.3 Å². The summed E-state index contributed by atoms with van der Waals surface area (Å²) in [4.78, 5) is 13.5. The van der Waals surface area contributed by atoms with Crippen LogP contribution in [0.5, 0.6) is 0 Å². The number of piperidine rings is 1. The molecule has 1 aromatic carbocycles. The summed E-state index contributed by atoms with van der Waals surface area (Å²) in [6, 6.07) is 8.05. The molecule has 0 radical (unpaired) electrons. The quantitative estimate of drug-likeness (QED) is 0.893. The summed E-state index contributed by atoms with van der Waals surface area (Å²) in [5, 5.41) is 3.41. The van der Waals surface area contributed by atoms with Crippen LogP contribution < -0.4 is 5.32 Å². The van der Waals surface area contributed by atoms with Crippen molar-refractivity contribution in [2.45, 2.75) is 18.8 Å². The lowest BCUT2D eigenvalue weighted by molar-refractivity contribution is 0.0827. The zero-order valence-corrected chi connectivity index (χ0v) is 11.8. The number of carbonyl (C=O) groups excluding carboxylic acids is 1. The van der Waals surface area contributed by atoms with Crippen LogP contribution in [0.3, 0.4) is 0 Å². The molecule has 1 saturated heterocycles. The summed E-state index contributed by atoms with van der Waals surface area (Å²) in [5.41, 5.74) is 2.07. The lowest BCUT2D eigenvalue weighted by Crippen LogP contribution is -2.28. The predicted octanol–water partition coefficient (Wildman–Crippen LogP) is 2.28. The highest BCUT2D eigenvalue weighted by molar-refractivity contribution is 5.94. The molecule has 100 valence electrons. The zero-order chi connectivity index (χ0) is 12.3. The molecule has 1 atom stereocenters. The molecule has 0 aliphatic carbocycles. The zero-order valence-electron chi connectivity index (χ0n) is 11.0. The molecule has 0 spiro atoms. The molecule has 1 amide bonds. The fraction of sp³-hybridized carbons (Fsp3) is 0.500. The van der Waals surface area contributed by atoms with Gasteiger partial charge in [-0.15, -0.1) is 12.4 Å². The van der Waals surface area contributed by atoms with Gasteiger partial charge in [0.1, 0.15) is 0 Å². The first-order valence-electron chi connectivity index (χ1n) is 6.21. The second-order valence-corrected chi connectivity index (χ2v) is 4.87. The van der Waals surface area contributed by atoms with Gasteiger partial charge in [-0.1, -0.05) is 12.1 Å². The number of nitrogens with zero attached hydrogens (tertiary/aromatic N) is 1. The first-order chi connectivity index (χ1) is 8.18. The Bertz CT molecular complexity index is 401. The van der Waals surface area contributed by atoms with Gasteiger partial charge in [0.25, 0.3) is 5.91 Å². The van der Waals surface area contributed by atoms with Gasteiger partial charge in [-0.25, -0.2) is 0 Å². The number of hydrogen-bond acceptors (Lipinski definition) is 2. The van der Waals surface area contributed by atoms with E-state index in [1.54, 1.807) is 19.0 Å². The molecule has 2 rings (SSSR count). The highest BCUT2D eigenvalue weighted by Crippen LogP contribution is 2.24. The van der Waals surface area contributed by atoms with E-state index in [1.165, 1.54) is 18.4 Å². The fourth-order valence-corrected chi connectivity index (χ4v) is 2.32. The Hall–Kier alpha value is -1.06. The average molecular weight is 269 g/mol. The molecule has 1 aliphatic heterocycles. The third-order valence-corrected chi connectivity index (χ3v) is 3.31. The van der Waals surface area contributed by atoms with Crippen molar-refractivity contribution in [1.82, 2.24) is 10.2 Å². The number of amides is 1. The molecule has 1 aliphatic rings. The van der Waals surface area contributed by atoms with Crippen molar-refractivity contribution < 1.29 is 4.79 Å². The Kier molecular flexibility index (Phi) is 5.63. The van der Waals surface area contributed by atoms with E-state index in [4.69, 9.17) is 0 Å². The van der Waals surface area contributed by atoms with Crippen LogP contribution in [0, 0.1) is 0 Å². The molecule has 4 heteroatoms. The van der Waals surface area contributed by atoms with Gasteiger partial charge in [-0.05, 0) is 43.0 Å². The van der Waals surface area contributed by atoms with E-state index >= 15 is 0 Å². The Morgan fingerprint density at radius 2 is 2.17 bits per heavy atom. The Labute approximate surface area is 115 Å². The molecule has 1 heterocycles. The van der Waals surface area contributed by atoms with Gasteiger partial charge in [0.2, 0.25) is 0 Å². The first-order valence-corrected chi connectivity index (χ1v) is 6.21. The lowest BCUT2D eigenvalue weighted by Gasteiger charge is -2.23. The minimum absolute atomic E-state index is 0. The highest BCUT2D eigenvalue weighted by Gasteiger charge is 2.16. The van der Waals surface area contributed by atoms with Gasteiger partial charge in [-0.2, -0.15) is 0 Å². The van der Waals surface area contributed by atoms with Gasteiger partial charge in [0.15, 0.2) is 0 Å². The van der Waals surface area contributed by atoms with E-state index in [9.17, 15) is 4.79 Å². The van der Waals surface area contributed by atoms with Crippen molar-refractivity contribution in [2.75, 3.05) is 27.2 Å². The minimum atomic E-state index is 0. The molecule has 0 aromatic heterocycles. The Morgan fingerprint density at radius 3 is 2.78 bits per heavy atom. The number of halogens is 1. The maximum Gasteiger partial charge on any atom is 0.253 e. The van der Waals surface area contributed by atoms with Crippen molar-refractivity contribution in [1.29, 1.82) is 0 Å². The van der Waals surface area contributed by atoms with E-state index in [1.807, 2.05) is 18.2 Å². The van der Waals surface area contributed by atoms with Crippen molar-refractivity contribution in [3.05, 3.63) is 35.4 Å². The van der Waals surface area contributed by atoms with E-state index in [2.05, 4.69) is 11.4 Å². The molecule has 3 nitrogen and oxygen atoms in total. The number of rotatable bonds is 2. The van der Waals surface area contributed by atoms with Crippen LogP contribution in [-0.2, 0) is 0 Å². The summed E-state index contributed by atoms with van der Waals surface area (Å²) in [6.07, 6.45) is 2.43. The smallest absolute Gasteiger partial charge is 0.253 e. The van der Waals surface area contributed by atoms with Crippen LogP contribution in [0.15, 0.2) is 24.3 Å². The van der Waals surface area contributed by atoms with Crippen LogP contribution in [0.2, 0.25) is 0 Å². The van der Waals surface area contributed by atoms with Gasteiger partial charge >= 0.3 is 0 Å². The number of carbonyl (C=O) groups is 1.